The standard InChI is InChI=1S/C24H25F3N6O2S/c1-32-8-5-16(6-9-32)29-18-3-2-4-19-17(18)11-20(33(19)14-24(25,26)27)22-30-21(35-31-22)12-28-23(34)15-7-10-36-13-15/h2-4,7,10-11,13,16,29H,5-6,8-9,12,14H2,1H3,(H,28,34). The molecule has 4 heterocycles. The molecule has 1 aliphatic rings. The van der Waals surface area contributed by atoms with Gasteiger partial charge in [-0.2, -0.15) is 29.5 Å². The van der Waals surface area contributed by atoms with E-state index in [1.807, 2.05) is 6.07 Å². The minimum Gasteiger partial charge on any atom is -0.382 e. The first-order valence-corrected chi connectivity index (χ1v) is 12.5. The van der Waals surface area contributed by atoms with Crippen LogP contribution in [0.4, 0.5) is 18.9 Å². The van der Waals surface area contributed by atoms with Crippen LogP contribution in [0, 0.1) is 0 Å². The number of likely N-dealkylation sites (tertiary alicyclic amines) is 1. The molecule has 0 spiro atoms. The highest BCUT2D eigenvalue weighted by atomic mass is 32.1. The van der Waals surface area contributed by atoms with Crippen LogP contribution in [0.15, 0.2) is 45.6 Å². The second-order valence-electron chi connectivity index (χ2n) is 8.90. The summed E-state index contributed by atoms with van der Waals surface area (Å²) in [5.41, 5.74) is 1.90. The Labute approximate surface area is 209 Å². The molecule has 190 valence electrons. The Morgan fingerprint density at radius 1 is 1.25 bits per heavy atom. The Morgan fingerprint density at radius 3 is 2.78 bits per heavy atom. The van der Waals surface area contributed by atoms with Crippen molar-refractivity contribution in [1.29, 1.82) is 0 Å². The zero-order valence-corrected chi connectivity index (χ0v) is 20.3. The lowest BCUT2D eigenvalue weighted by Gasteiger charge is -2.30. The van der Waals surface area contributed by atoms with E-state index in [1.54, 1.807) is 35.0 Å². The summed E-state index contributed by atoms with van der Waals surface area (Å²) < 4.78 is 47.1. The van der Waals surface area contributed by atoms with Gasteiger partial charge in [0.15, 0.2) is 0 Å². The summed E-state index contributed by atoms with van der Waals surface area (Å²) in [7, 11) is 2.08. The van der Waals surface area contributed by atoms with Crippen molar-refractivity contribution < 1.29 is 22.5 Å². The Morgan fingerprint density at radius 2 is 2.06 bits per heavy atom. The summed E-state index contributed by atoms with van der Waals surface area (Å²) in [6.45, 7) is 0.692. The minimum absolute atomic E-state index is 0.0282. The molecule has 3 aromatic heterocycles. The molecule has 8 nitrogen and oxygen atoms in total. The molecule has 1 aliphatic heterocycles. The van der Waals surface area contributed by atoms with E-state index in [0.29, 0.717) is 16.5 Å². The van der Waals surface area contributed by atoms with Crippen LogP contribution in [-0.2, 0) is 13.1 Å². The number of anilines is 1. The van der Waals surface area contributed by atoms with Crippen LogP contribution >= 0.6 is 11.3 Å². The second kappa shape index (κ2) is 9.94. The van der Waals surface area contributed by atoms with Crippen LogP contribution in [0.1, 0.15) is 29.1 Å². The smallest absolute Gasteiger partial charge is 0.382 e. The van der Waals surface area contributed by atoms with Gasteiger partial charge in [0.05, 0.1) is 17.8 Å². The average molecular weight is 519 g/mol. The molecule has 12 heteroatoms. The van der Waals surface area contributed by atoms with E-state index in [2.05, 4.69) is 32.7 Å². The van der Waals surface area contributed by atoms with Crippen molar-refractivity contribution in [1.82, 2.24) is 24.9 Å². The van der Waals surface area contributed by atoms with Crippen LogP contribution in [0.5, 0.6) is 0 Å². The van der Waals surface area contributed by atoms with E-state index < -0.39 is 12.7 Å². The van der Waals surface area contributed by atoms with Crippen molar-refractivity contribution in [3.05, 3.63) is 52.5 Å². The largest absolute Gasteiger partial charge is 0.406 e. The van der Waals surface area contributed by atoms with Crippen LogP contribution in [0.2, 0.25) is 0 Å². The van der Waals surface area contributed by atoms with Gasteiger partial charge in [-0.1, -0.05) is 11.2 Å². The molecular formula is C24H25F3N6O2S. The number of carbonyl (C=O) groups excluding carboxylic acids is 1. The van der Waals surface area contributed by atoms with Gasteiger partial charge in [-0.15, -0.1) is 0 Å². The van der Waals surface area contributed by atoms with Gasteiger partial charge in [0, 0.05) is 28.1 Å². The molecule has 36 heavy (non-hydrogen) atoms. The van der Waals surface area contributed by atoms with Crippen molar-refractivity contribution in [3.63, 3.8) is 0 Å². The maximum Gasteiger partial charge on any atom is 0.406 e. The number of aromatic nitrogens is 3. The SMILES string of the molecule is CN1CCC(Nc2cccc3c2cc(-c2noc(CNC(=O)c4ccsc4)n2)n3CC(F)(F)F)CC1. The number of hydrogen-bond acceptors (Lipinski definition) is 7. The normalized spacial score (nSPS) is 15.4. The molecule has 0 atom stereocenters. The molecule has 4 aromatic rings. The van der Waals surface area contributed by atoms with Gasteiger partial charge in [0.2, 0.25) is 11.7 Å². The van der Waals surface area contributed by atoms with E-state index in [0.717, 1.165) is 36.2 Å². The van der Waals surface area contributed by atoms with Gasteiger partial charge in [0.1, 0.15) is 6.54 Å². The average Bonchev–Trinajstić information content (AvgIpc) is 3.59. The van der Waals surface area contributed by atoms with Crippen LogP contribution in [0.3, 0.4) is 0 Å². The lowest BCUT2D eigenvalue weighted by atomic mass is 10.0. The number of hydrogen-bond donors (Lipinski definition) is 2. The van der Waals surface area contributed by atoms with E-state index in [4.69, 9.17) is 4.52 Å². The zero-order valence-electron chi connectivity index (χ0n) is 19.5. The number of alkyl halides is 3. The number of piperidine rings is 1. The minimum atomic E-state index is -4.45. The van der Waals surface area contributed by atoms with Gasteiger partial charge in [-0.3, -0.25) is 4.79 Å². The van der Waals surface area contributed by atoms with Crippen molar-refractivity contribution in [2.24, 2.45) is 0 Å². The van der Waals surface area contributed by atoms with E-state index in [9.17, 15) is 18.0 Å². The fraction of sp³-hybridized carbons (Fsp3) is 0.375. The highest BCUT2D eigenvalue weighted by molar-refractivity contribution is 7.08. The van der Waals surface area contributed by atoms with E-state index in [-0.39, 0.29) is 35.9 Å². The Hall–Kier alpha value is -3.38. The summed E-state index contributed by atoms with van der Waals surface area (Å²) >= 11 is 1.40. The van der Waals surface area contributed by atoms with Crippen molar-refractivity contribution >= 4 is 33.8 Å². The predicted octanol–water partition coefficient (Wildman–Crippen LogP) is 4.75. The second-order valence-corrected chi connectivity index (χ2v) is 9.68. The van der Waals surface area contributed by atoms with Crippen LogP contribution in [-0.4, -0.2) is 57.9 Å². The third kappa shape index (κ3) is 5.39. The van der Waals surface area contributed by atoms with Crippen molar-refractivity contribution in [2.75, 3.05) is 25.5 Å². The first kappa shape index (κ1) is 24.3. The molecule has 0 radical (unpaired) electrons. The summed E-state index contributed by atoms with van der Waals surface area (Å²) in [4.78, 5) is 18.7. The highest BCUT2D eigenvalue weighted by Gasteiger charge is 2.31. The first-order valence-electron chi connectivity index (χ1n) is 11.5. The fourth-order valence-corrected chi connectivity index (χ4v) is 5.04. The number of nitrogens with one attached hydrogen (secondary N) is 2. The first-order chi connectivity index (χ1) is 17.3. The van der Waals surface area contributed by atoms with E-state index in [1.165, 1.54) is 11.3 Å². The number of fused-ring (bicyclic) bond motifs is 1. The number of carbonyl (C=O) groups is 1. The van der Waals surface area contributed by atoms with Gasteiger partial charge >= 0.3 is 6.18 Å². The highest BCUT2D eigenvalue weighted by Crippen LogP contribution is 2.34. The summed E-state index contributed by atoms with van der Waals surface area (Å²) in [5.74, 6) is -0.172. The number of thiophene rings is 1. The third-order valence-corrected chi connectivity index (χ3v) is 6.93. The maximum absolute atomic E-state index is 13.5. The molecule has 1 amide bonds. The lowest BCUT2D eigenvalue weighted by Crippen LogP contribution is -2.36. The number of benzene rings is 1. The van der Waals surface area contributed by atoms with Gasteiger partial charge < -0.3 is 24.6 Å². The van der Waals surface area contributed by atoms with Crippen molar-refractivity contribution in [3.8, 4) is 11.5 Å². The summed E-state index contributed by atoms with van der Waals surface area (Å²) in [6.07, 6.45) is -2.54. The number of amides is 1. The molecule has 0 saturated carbocycles. The molecule has 0 aliphatic carbocycles. The molecular weight excluding hydrogens is 493 g/mol. The number of rotatable bonds is 7. The molecule has 1 fully saturated rings. The summed E-state index contributed by atoms with van der Waals surface area (Å²) in [5, 5.41) is 14.3. The molecule has 0 bridgehead atoms. The zero-order chi connectivity index (χ0) is 25.3. The monoisotopic (exact) mass is 518 g/mol. The predicted molar refractivity (Wildman–Crippen MR) is 131 cm³/mol. The van der Waals surface area contributed by atoms with Crippen molar-refractivity contribution in [2.45, 2.75) is 38.1 Å². The maximum atomic E-state index is 13.5. The molecule has 0 unspecified atom stereocenters. The quantitative estimate of drug-likeness (QED) is 0.367. The molecule has 1 aromatic carbocycles. The van der Waals surface area contributed by atoms with Gasteiger partial charge in [-0.05, 0) is 62.6 Å². The summed E-state index contributed by atoms with van der Waals surface area (Å²) in [6, 6.07) is 8.88. The van der Waals surface area contributed by atoms with Gasteiger partial charge in [-0.25, -0.2) is 0 Å². The number of nitrogens with zero attached hydrogens (tertiary/aromatic N) is 4. The van der Waals surface area contributed by atoms with Gasteiger partial charge in [0.25, 0.3) is 5.91 Å². The fourth-order valence-electron chi connectivity index (χ4n) is 4.40. The van der Waals surface area contributed by atoms with Crippen LogP contribution < -0.4 is 10.6 Å². The topological polar surface area (TPSA) is 88.2 Å². The number of halogens is 3. The molecule has 5 rings (SSSR count). The third-order valence-electron chi connectivity index (χ3n) is 6.24. The van der Waals surface area contributed by atoms with Crippen LogP contribution in [0.25, 0.3) is 22.4 Å². The Bertz CT molecular complexity index is 1340. The molecule has 2 N–H and O–H groups in total. The molecule has 1 saturated heterocycles. The Balaban J connectivity index is 1.43. The van der Waals surface area contributed by atoms with E-state index >= 15 is 0 Å². The lowest BCUT2D eigenvalue weighted by molar-refractivity contribution is -0.139. The Kier molecular flexibility index (Phi) is 6.71.